The van der Waals surface area contributed by atoms with E-state index in [2.05, 4.69) is 0 Å². The molecule has 0 bridgehead atoms. The Balaban J connectivity index is -0.000000174. The third-order valence-electron chi connectivity index (χ3n) is 1.86. The third-order valence-corrected chi connectivity index (χ3v) is 1.86. The standard InChI is InChI=1S/3C5H5F3O2.Co/c3*1-3(9)2-4(10)5(6,7)8;/h3*2,9H,1H3;/b3*3-2-;. The van der Waals surface area contributed by atoms with E-state index in [1.807, 2.05) is 0 Å². The summed E-state index contributed by atoms with van der Waals surface area (Å²) in [6.07, 6.45) is -14.3. The number of halogens is 9. The van der Waals surface area contributed by atoms with Gasteiger partial charge in [-0.25, -0.2) is 0 Å². The number of hydrogen-bond donors (Lipinski definition) is 3. The van der Waals surface area contributed by atoms with E-state index in [1.165, 1.54) is 0 Å². The summed E-state index contributed by atoms with van der Waals surface area (Å²) in [7, 11) is 0. The van der Waals surface area contributed by atoms with E-state index in [0.29, 0.717) is 0 Å². The number of alkyl halides is 9. The molecular formula is C15H15CoF9O6. The van der Waals surface area contributed by atoms with Gasteiger partial charge in [0.05, 0.1) is 17.3 Å². The fourth-order valence-electron chi connectivity index (χ4n) is 0.815. The first-order valence-electron chi connectivity index (χ1n) is 6.97. The number of aliphatic hydroxyl groups excluding tert-OH is 3. The first-order valence-corrected chi connectivity index (χ1v) is 6.97. The van der Waals surface area contributed by atoms with Gasteiger partial charge in [0.25, 0.3) is 17.3 Å². The minimum absolute atomic E-state index is 0. The van der Waals surface area contributed by atoms with Crippen LogP contribution in [0.15, 0.2) is 35.5 Å². The largest absolute Gasteiger partial charge is 0.512 e. The molecule has 0 spiro atoms. The van der Waals surface area contributed by atoms with E-state index in [9.17, 15) is 53.9 Å². The molecule has 3 N–H and O–H groups in total. The van der Waals surface area contributed by atoms with Crippen LogP contribution in [0.25, 0.3) is 0 Å². The SMILES string of the molecule is C/C(O)=C/C(=O)C(F)(F)F.C/C(O)=C/C(=O)C(F)(F)F.C/C(O)=C/C(=O)C(F)(F)F.[Co]. The van der Waals surface area contributed by atoms with E-state index in [4.69, 9.17) is 15.3 Å². The molecule has 1 radical (unpaired) electrons. The van der Waals surface area contributed by atoms with Crippen molar-refractivity contribution >= 4 is 17.3 Å². The summed E-state index contributed by atoms with van der Waals surface area (Å²) >= 11 is 0. The molecule has 0 heterocycles. The van der Waals surface area contributed by atoms with Gasteiger partial charge in [-0.1, -0.05) is 0 Å². The van der Waals surface area contributed by atoms with Crippen molar-refractivity contribution in [1.29, 1.82) is 0 Å². The minimum atomic E-state index is -4.88. The van der Waals surface area contributed by atoms with Gasteiger partial charge in [-0.2, -0.15) is 39.5 Å². The molecule has 0 saturated heterocycles. The molecule has 0 atom stereocenters. The molecule has 0 unspecified atom stereocenters. The zero-order valence-electron chi connectivity index (χ0n) is 15.5. The van der Waals surface area contributed by atoms with Gasteiger partial charge < -0.3 is 15.3 Å². The molecule has 0 rings (SSSR count). The Morgan fingerprint density at radius 2 is 0.645 bits per heavy atom. The number of allylic oxidation sites excluding steroid dienone is 6. The molecule has 0 aliphatic heterocycles. The van der Waals surface area contributed by atoms with Crippen molar-refractivity contribution in [2.45, 2.75) is 39.3 Å². The Morgan fingerprint density at radius 1 is 0.516 bits per heavy atom. The second-order valence-corrected chi connectivity index (χ2v) is 4.94. The summed E-state index contributed by atoms with van der Waals surface area (Å²) in [4.78, 5) is 29.7. The number of carbonyl (C=O) groups is 3. The molecule has 31 heavy (non-hydrogen) atoms. The van der Waals surface area contributed by atoms with Crippen molar-refractivity contribution in [1.82, 2.24) is 0 Å². The molecular weight excluding hydrogens is 506 g/mol. The van der Waals surface area contributed by atoms with Gasteiger partial charge in [0, 0.05) is 35.0 Å². The number of ketones is 3. The van der Waals surface area contributed by atoms with Crippen LogP contribution in [-0.4, -0.2) is 51.2 Å². The van der Waals surface area contributed by atoms with Crippen molar-refractivity contribution in [2.75, 3.05) is 0 Å². The van der Waals surface area contributed by atoms with Crippen LogP contribution < -0.4 is 0 Å². The predicted molar refractivity (Wildman–Crippen MR) is 82.3 cm³/mol. The van der Waals surface area contributed by atoms with Crippen molar-refractivity contribution in [3.63, 3.8) is 0 Å². The fraction of sp³-hybridized carbons (Fsp3) is 0.400. The Kier molecular flexibility index (Phi) is 16.8. The van der Waals surface area contributed by atoms with Crippen LogP contribution in [0.2, 0.25) is 0 Å². The van der Waals surface area contributed by atoms with Gasteiger partial charge in [0.15, 0.2) is 0 Å². The molecule has 0 aromatic heterocycles. The van der Waals surface area contributed by atoms with Gasteiger partial charge in [-0.3, -0.25) is 14.4 Å². The molecule has 0 aliphatic carbocycles. The van der Waals surface area contributed by atoms with E-state index in [-0.39, 0.29) is 35.0 Å². The summed E-state index contributed by atoms with van der Waals surface area (Å²) in [5.74, 6) is -8.10. The van der Waals surface area contributed by atoms with Gasteiger partial charge in [-0.15, -0.1) is 0 Å². The van der Waals surface area contributed by atoms with Crippen LogP contribution in [0.5, 0.6) is 0 Å². The smallest absolute Gasteiger partial charge is 0.454 e. The normalized spacial score (nSPS) is 13.0. The molecule has 183 valence electrons. The Labute approximate surface area is 178 Å². The molecule has 0 fully saturated rings. The van der Waals surface area contributed by atoms with E-state index in [0.717, 1.165) is 20.8 Å². The molecule has 0 amide bonds. The van der Waals surface area contributed by atoms with Crippen LogP contribution in [0.1, 0.15) is 20.8 Å². The van der Waals surface area contributed by atoms with Gasteiger partial charge in [0.2, 0.25) is 0 Å². The van der Waals surface area contributed by atoms with Gasteiger partial charge in [0.1, 0.15) is 0 Å². The van der Waals surface area contributed by atoms with Crippen molar-refractivity contribution in [2.24, 2.45) is 0 Å². The Morgan fingerprint density at radius 3 is 0.677 bits per heavy atom. The topological polar surface area (TPSA) is 112 Å². The predicted octanol–water partition coefficient (Wildman–Crippen LogP) is 4.74. The first-order chi connectivity index (χ1) is 13.0. The van der Waals surface area contributed by atoms with Crippen LogP contribution in [0, 0.1) is 0 Å². The number of rotatable bonds is 3. The number of carbonyl (C=O) groups excluding carboxylic acids is 3. The molecule has 0 saturated carbocycles. The Hall–Kier alpha value is -2.49. The first kappa shape index (κ1) is 35.9. The Bertz CT molecular complexity index is 594. The van der Waals surface area contributed by atoms with E-state index < -0.39 is 53.2 Å². The van der Waals surface area contributed by atoms with Crippen molar-refractivity contribution in [3.8, 4) is 0 Å². The average Bonchev–Trinajstić information content (AvgIpc) is 2.43. The minimum Gasteiger partial charge on any atom is -0.512 e. The summed E-state index contributed by atoms with van der Waals surface area (Å²) in [5.41, 5.74) is 0. The maximum absolute atomic E-state index is 11.3. The van der Waals surface area contributed by atoms with Gasteiger partial charge >= 0.3 is 18.5 Å². The quantitative estimate of drug-likeness (QED) is 0.281. The molecule has 0 aromatic carbocycles. The fourth-order valence-corrected chi connectivity index (χ4v) is 0.815. The zero-order valence-corrected chi connectivity index (χ0v) is 16.6. The number of aliphatic hydroxyl groups is 3. The second kappa shape index (κ2) is 14.5. The second-order valence-electron chi connectivity index (χ2n) is 4.94. The van der Waals surface area contributed by atoms with Crippen LogP contribution in [-0.2, 0) is 31.2 Å². The summed E-state index contributed by atoms with van der Waals surface area (Å²) in [6, 6.07) is 0. The molecule has 0 aromatic rings. The average molecular weight is 521 g/mol. The maximum Gasteiger partial charge on any atom is 0.454 e. The van der Waals surface area contributed by atoms with Crippen LogP contribution >= 0.6 is 0 Å². The maximum atomic E-state index is 11.3. The van der Waals surface area contributed by atoms with E-state index >= 15 is 0 Å². The van der Waals surface area contributed by atoms with E-state index in [1.54, 1.807) is 0 Å². The zero-order chi connectivity index (χ0) is 25.1. The summed E-state index contributed by atoms with van der Waals surface area (Å²) < 4.78 is 102. The van der Waals surface area contributed by atoms with Gasteiger partial charge in [-0.05, 0) is 20.8 Å². The number of hydrogen-bond acceptors (Lipinski definition) is 6. The summed E-state index contributed by atoms with van der Waals surface area (Å²) in [6.45, 7) is 2.97. The molecule has 0 aliphatic rings. The van der Waals surface area contributed by atoms with Crippen LogP contribution in [0.4, 0.5) is 39.5 Å². The van der Waals surface area contributed by atoms with Crippen molar-refractivity contribution in [3.05, 3.63) is 35.5 Å². The monoisotopic (exact) mass is 521 g/mol. The van der Waals surface area contributed by atoms with Crippen LogP contribution in [0.3, 0.4) is 0 Å². The molecule has 16 heteroatoms. The molecule has 6 nitrogen and oxygen atoms in total. The summed E-state index contributed by atoms with van der Waals surface area (Å²) in [5, 5.41) is 24.7. The van der Waals surface area contributed by atoms with Crippen molar-refractivity contribution < 1.29 is 86.0 Å². The third kappa shape index (κ3) is 23.7.